The first kappa shape index (κ1) is 13.6. The Bertz CT molecular complexity index is 550. The van der Waals surface area contributed by atoms with Crippen LogP contribution in [0.3, 0.4) is 0 Å². The Labute approximate surface area is 121 Å². The van der Waals surface area contributed by atoms with E-state index in [0.717, 1.165) is 19.3 Å². The van der Waals surface area contributed by atoms with E-state index in [0.29, 0.717) is 6.04 Å². The highest BCUT2D eigenvalue weighted by molar-refractivity contribution is 5.89. The van der Waals surface area contributed by atoms with Crippen molar-refractivity contribution in [2.24, 2.45) is 0 Å². The van der Waals surface area contributed by atoms with E-state index in [2.05, 4.69) is 49.2 Å². The molecule has 0 spiro atoms. The molecule has 1 saturated carbocycles. The van der Waals surface area contributed by atoms with Crippen molar-refractivity contribution in [1.82, 2.24) is 10.2 Å². The van der Waals surface area contributed by atoms with Gasteiger partial charge in [0.05, 0.1) is 5.54 Å². The van der Waals surface area contributed by atoms with Gasteiger partial charge in [0.2, 0.25) is 5.91 Å². The number of amides is 1. The molecule has 0 bridgehead atoms. The highest BCUT2D eigenvalue weighted by atomic mass is 16.2. The molecule has 1 aromatic carbocycles. The van der Waals surface area contributed by atoms with Crippen molar-refractivity contribution in [3.8, 4) is 0 Å². The molecule has 2 unspecified atom stereocenters. The highest BCUT2D eigenvalue weighted by Crippen LogP contribution is 2.41. The summed E-state index contributed by atoms with van der Waals surface area (Å²) < 4.78 is 0. The monoisotopic (exact) mass is 272 g/mol. The van der Waals surface area contributed by atoms with Gasteiger partial charge in [0.1, 0.15) is 6.17 Å². The summed E-state index contributed by atoms with van der Waals surface area (Å²) in [5.74, 6) is 0.271. The Morgan fingerprint density at radius 1 is 1.35 bits per heavy atom. The zero-order valence-electron chi connectivity index (χ0n) is 12.9. The van der Waals surface area contributed by atoms with Crippen LogP contribution in [0.1, 0.15) is 56.0 Å². The molecular weight excluding hydrogens is 248 g/mol. The zero-order chi connectivity index (χ0) is 14.5. The van der Waals surface area contributed by atoms with Crippen LogP contribution in [0, 0.1) is 13.8 Å². The number of nitrogens with one attached hydrogen (secondary N) is 1. The average Bonchev–Trinajstić information content (AvgIpc) is 3.19. The van der Waals surface area contributed by atoms with Gasteiger partial charge >= 0.3 is 0 Å². The minimum atomic E-state index is -0.412. The molecule has 1 saturated heterocycles. The van der Waals surface area contributed by atoms with Crippen LogP contribution in [-0.2, 0) is 4.79 Å². The topological polar surface area (TPSA) is 32.3 Å². The lowest BCUT2D eigenvalue weighted by molar-refractivity contribution is -0.133. The van der Waals surface area contributed by atoms with Crippen LogP contribution in [0.2, 0.25) is 0 Å². The number of rotatable bonds is 3. The van der Waals surface area contributed by atoms with Crippen LogP contribution in [0.15, 0.2) is 18.2 Å². The number of hydrogen-bond donors (Lipinski definition) is 1. The fraction of sp³-hybridized carbons (Fsp3) is 0.588. The fourth-order valence-corrected chi connectivity index (χ4v) is 3.18. The molecule has 3 rings (SSSR count). The molecule has 1 aromatic rings. The van der Waals surface area contributed by atoms with Crippen molar-refractivity contribution >= 4 is 5.91 Å². The maximum Gasteiger partial charge on any atom is 0.244 e. The lowest BCUT2D eigenvalue weighted by Crippen LogP contribution is -2.43. The molecule has 1 aliphatic heterocycles. The van der Waals surface area contributed by atoms with Gasteiger partial charge in [-0.3, -0.25) is 10.1 Å². The molecule has 20 heavy (non-hydrogen) atoms. The molecule has 1 heterocycles. The van der Waals surface area contributed by atoms with Crippen molar-refractivity contribution in [3.05, 3.63) is 34.9 Å². The van der Waals surface area contributed by atoms with Crippen molar-refractivity contribution in [1.29, 1.82) is 0 Å². The smallest absolute Gasteiger partial charge is 0.244 e. The van der Waals surface area contributed by atoms with E-state index in [4.69, 9.17) is 0 Å². The van der Waals surface area contributed by atoms with Gasteiger partial charge in [-0.15, -0.1) is 0 Å². The second kappa shape index (κ2) is 4.59. The summed E-state index contributed by atoms with van der Waals surface area (Å²) in [7, 11) is 0. The lowest BCUT2D eigenvalue weighted by Gasteiger charge is -2.25. The Hall–Kier alpha value is -1.35. The SMILES string of the molecule is CCC1(C)NC(c2ccc(C)cc2C)N(C2CC2)C1=O. The number of hydrogen-bond acceptors (Lipinski definition) is 2. The summed E-state index contributed by atoms with van der Waals surface area (Å²) >= 11 is 0. The minimum Gasteiger partial charge on any atom is -0.318 e. The first-order valence-electron chi connectivity index (χ1n) is 7.64. The number of benzene rings is 1. The van der Waals surface area contributed by atoms with E-state index in [1.807, 2.05) is 6.92 Å². The van der Waals surface area contributed by atoms with Crippen molar-refractivity contribution < 1.29 is 4.79 Å². The van der Waals surface area contributed by atoms with Gasteiger partial charge in [-0.25, -0.2) is 0 Å². The van der Waals surface area contributed by atoms with E-state index < -0.39 is 5.54 Å². The molecular formula is C17H24N2O. The van der Waals surface area contributed by atoms with E-state index in [-0.39, 0.29) is 12.1 Å². The van der Waals surface area contributed by atoms with E-state index in [9.17, 15) is 4.79 Å². The standard InChI is InChI=1S/C17H24N2O/c1-5-17(4)16(20)19(13-7-8-13)15(18-17)14-9-6-11(2)10-12(14)3/h6,9-10,13,15,18H,5,7-8H2,1-4H3. The zero-order valence-corrected chi connectivity index (χ0v) is 12.9. The molecule has 0 aromatic heterocycles. The minimum absolute atomic E-state index is 0.0422. The van der Waals surface area contributed by atoms with Gasteiger partial charge in [-0.1, -0.05) is 30.7 Å². The average molecular weight is 272 g/mol. The third-order valence-corrected chi connectivity index (χ3v) is 4.81. The number of aryl methyl sites for hydroxylation is 2. The largest absolute Gasteiger partial charge is 0.318 e. The summed E-state index contributed by atoms with van der Waals surface area (Å²) in [6.45, 7) is 8.37. The molecule has 2 atom stereocenters. The van der Waals surface area contributed by atoms with Gasteiger partial charge in [-0.2, -0.15) is 0 Å². The summed E-state index contributed by atoms with van der Waals surface area (Å²) in [5, 5.41) is 3.59. The molecule has 1 aliphatic carbocycles. The predicted molar refractivity (Wildman–Crippen MR) is 80.4 cm³/mol. The number of carbonyl (C=O) groups is 1. The van der Waals surface area contributed by atoms with Crippen LogP contribution < -0.4 is 5.32 Å². The Kier molecular flexibility index (Phi) is 3.13. The fourth-order valence-electron chi connectivity index (χ4n) is 3.18. The first-order valence-corrected chi connectivity index (χ1v) is 7.64. The van der Waals surface area contributed by atoms with Gasteiger partial charge < -0.3 is 4.90 Å². The third-order valence-electron chi connectivity index (χ3n) is 4.81. The highest BCUT2D eigenvalue weighted by Gasteiger charge is 2.52. The van der Waals surface area contributed by atoms with Gasteiger partial charge in [-0.05, 0) is 51.2 Å². The van der Waals surface area contributed by atoms with Crippen molar-refractivity contribution in [3.63, 3.8) is 0 Å². The van der Waals surface area contributed by atoms with E-state index in [1.54, 1.807) is 0 Å². The lowest BCUT2D eigenvalue weighted by atomic mass is 9.99. The Morgan fingerprint density at radius 2 is 2.05 bits per heavy atom. The van der Waals surface area contributed by atoms with Crippen molar-refractivity contribution in [2.45, 2.75) is 64.7 Å². The summed E-state index contributed by atoms with van der Waals surface area (Å²) in [6.07, 6.45) is 3.17. The second-order valence-corrected chi connectivity index (χ2v) is 6.54. The van der Waals surface area contributed by atoms with Crippen molar-refractivity contribution in [2.75, 3.05) is 0 Å². The molecule has 2 aliphatic rings. The van der Waals surface area contributed by atoms with Gasteiger partial charge in [0.15, 0.2) is 0 Å². The number of carbonyl (C=O) groups excluding carboxylic acids is 1. The van der Waals surface area contributed by atoms with E-state index >= 15 is 0 Å². The maximum atomic E-state index is 12.8. The third kappa shape index (κ3) is 2.05. The van der Waals surface area contributed by atoms with Crippen LogP contribution in [0.4, 0.5) is 0 Å². The Balaban J connectivity index is 2.00. The molecule has 3 heteroatoms. The molecule has 1 N–H and O–H groups in total. The molecule has 3 nitrogen and oxygen atoms in total. The predicted octanol–water partition coefficient (Wildman–Crippen LogP) is 3.06. The summed E-state index contributed by atoms with van der Waals surface area (Å²) in [6, 6.07) is 6.95. The Morgan fingerprint density at radius 3 is 2.60 bits per heavy atom. The van der Waals surface area contributed by atoms with Gasteiger partial charge in [0.25, 0.3) is 0 Å². The molecule has 108 valence electrons. The second-order valence-electron chi connectivity index (χ2n) is 6.54. The summed E-state index contributed by atoms with van der Waals surface area (Å²) in [5.41, 5.74) is 3.37. The van der Waals surface area contributed by atoms with Crippen LogP contribution >= 0.6 is 0 Å². The van der Waals surface area contributed by atoms with E-state index in [1.165, 1.54) is 16.7 Å². The van der Waals surface area contributed by atoms with Crippen LogP contribution in [0.5, 0.6) is 0 Å². The number of nitrogens with zero attached hydrogens (tertiary/aromatic N) is 1. The summed E-state index contributed by atoms with van der Waals surface area (Å²) in [4.78, 5) is 14.9. The molecule has 2 fully saturated rings. The van der Waals surface area contributed by atoms with Gasteiger partial charge in [0, 0.05) is 6.04 Å². The van der Waals surface area contributed by atoms with Crippen LogP contribution in [0.25, 0.3) is 0 Å². The molecule has 0 radical (unpaired) electrons. The maximum absolute atomic E-state index is 12.8. The first-order chi connectivity index (χ1) is 9.46. The molecule has 1 amide bonds. The normalized spacial score (nSPS) is 30.1. The van der Waals surface area contributed by atoms with Crippen LogP contribution in [-0.4, -0.2) is 22.4 Å². The quantitative estimate of drug-likeness (QED) is 0.917.